The minimum atomic E-state index is -0.452. The molecule has 0 aliphatic rings. The van der Waals surface area contributed by atoms with Crippen LogP contribution >= 0.6 is 0 Å². The van der Waals surface area contributed by atoms with E-state index in [2.05, 4.69) is 0 Å². The minimum Gasteiger partial charge on any atom is -0.466 e. The standard InChI is InChI=1S/C12H22O4/c1-6-15-10(13)8-9(12(3,4)5)11(14)16-7-2/h9H,6-8H2,1-5H3/t9-/m0/s1. The summed E-state index contributed by atoms with van der Waals surface area (Å²) in [4.78, 5) is 23.1. The molecule has 0 aromatic carbocycles. The van der Waals surface area contributed by atoms with E-state index < -0.39 is 5.92 Å². The van der Waals surface area contributed by atoms with Gasteiger partial charge in [0.15, 0.2) is 0 Å². The molecule has 1 atom stereocenters. The van der Waals surface area contributed by atoms with Gasteiger partial charge in [-0.25, -0.2) is 0 Å². The predicted molar refractivity (Wildman–Crippen MR) is 60.8 cm³/mol. The van der Waals surface area contributed by atoms with Crippen molar-refractivity contribution in [1.82, 2.24) is 0 Å². The average molecular weight is 230 g/mol. The molecule has 0 spiro atoms. The number of hydrogen-bond acceptors (Lipinski definition) is 4. The maximum absolute atomic E-state index is 11.7. The molecule has 0 aliphatic heterocycles. The van der Waals surface area contributed by atoms with Crippen molar-refractivity contribution in [3.8, 4) is 0 Å². The summed E-state index contributed by atoms with van der Waals surface area (Å²) in [5.74, 6) is -1.13. The minimum absolute atomic E-state index is 0.0795. The second-order valence-electron chi connectivity index (χ2n) is 4.68. The Bertz CT molecular complexity index is 240. The third-order valence-electron chi connectivity index (χ3n) is 2.29. The second kappa shape index (κ2) is 6.51. The lowest BCUT2D eigenvalue weighted by atomic mass is 9.79. The second-order valence-corrected chi connectivity index (χ2v) is 4.68. The maximum Gasteiger partial charge on any atom is 0.310 e. The third kappa shape index (κ3) is 5.14. The number of esters is 2. The van der Waals surface area contributed by atoms with Crippen molar-refractivity contribution < 1.29 is 19.1 Å². The Labute approximate surface area is 97.3 Å². The highest BCUT2D eigenvalue weighted by atomic mass is 16.5. The van der Waals surface area contributed by atoms with E-state index in [1.54, 1.807) is 13.8 Å². The Hall–Kier alpha value is -1.06. The largest absolute Gasteiger partial charge is 0.466 e. The molecule has 0 aromatic heterocycles. The van der Waals surface area contributed by atoms with Crippen LogP contribution in [0.25, 0.3) is 0 Å². The van der Waals surface area contributed by atoms with Gasteiger partial charge in [-0.15, -0.1) is 0 Å². The fourth-order valence-corrected chi connectivity index (χ4v) is 1.37. The molecule has 0 fully saturated rings. The van der Waals surface area contributed by atoms with Gasteiger partial charge in [0.05, 0.1) is 25.6 Å². The molecule has 16 heavy (non-hydrogen) atoms. The molecule has 0 amide bonds. The molecule has 0 saturated heterocycles. The zero-order chi connectivity index (χ0) is 12.8. The molecule has 0 unspecified atom stereocenters. The van der Waals surface area contributed by atoms with Gasteiger partial charge in [0.1, 0.15) is 0 Å². The van der Waals surface area contributed by atoms with E-state index in [9.17, 15) is 9.59 Å². The van der Waals surface area contributed by atoms with E-state index in [-0.39, 0.29) is 23.8 Å². The van der Waals surface area contributed by atoms with Crippen molar-refractivity contribution >= 4 is 11.9 Å². The van der Waals surface area contributed by atoms with E-state index in [1.807, 2.05) is 20.8 Å². The van der Waals surface area contributed by atoms with Gasteiger partial charge in [-0.2, -0.15) is 0 Å². The Morgan fingerprint density at radius 2 is 1.56 bits per heavy atom. The van der Waals surface area contributed by atoms with Crippen molar-refractivity contribution in [1.29, 1.82) is 0 Å². The van der Waals surface area contributed by atoms with Crippen LogP contribution in [0, 0.1) is 11.3 Å². The summed E-state index contributed by atoms with van der Waals surface area (Å²) in [7, 11) is 0. The highest BCUT2D eigenvalue weighted by molar-refractivity contribution is 5.80. The van der Waals surface area contributed by atoms with Gasteiger partial charge in [0.2, 0.25) is 0 Å². The molecule has 0 radical (unpaired) electrons. The predicted octanol–water partition coefficient (Wildman–Crippen LogP) is 2.17. The first-order chi connectivity index (χ1) is 7.32. The van der Waals surface area contributed by atoms with Crippen LogP contribution in [0.15, 0.2) is 0 Å². The van der Waals surface area contributed by atoms with Crippen LogP contribution in [0.4, 0.5) is 0 Å². The van der Waals surface area contributed by atoms with Crippen LogP contribution in [-0.4, -0.2) is 25.2 Å². The normalized spacial score (nSPS) is 13.1. The number of rotatable bonds is 5. The fourth-order valence-electron chi connectivity index (χ4n) is 1.37. The maximum atomic E-state index is 11.7. The molecule has 4 heteroatoms. The summed E-state index contributed by atoms with van der Waals surface area (Å²) in [6, 6.07) is 0. The zero-order valence-electron chi connectivity index (χ0n) is 10.8. The molecule has 0 aromatic rings. The highest BCUT2D eigenvalue weighted by Gasteiger charge is 2.34. The van der Waals surface area contributed by atoms with E-state index in [0.717, 1.165) is 0 Å². The SMILES string of the molecule is CCOC(=O)C[C@@H](C(=O)OCC)C(C)(C)C. The van der Waals surface area contributed by atoms with Gasteiger partial charge >= 0.3 is 11.9 Å². The van der Waals surface area contributed by atoms with Crippen LogP contribution in [0.1, 0.15) is 41.0 Å². The molecule has 0 N–H and O–H groups in total. The van der Waals surface area contributed by atoms with E-state index >= 15 is 0 Å². The monoisotopic (exact) mass is 230 g/mol. The fraction of sp³-hybridized carbons (Fsp3) is 0.833. The average Bonchev–Trinajstić information content (AvgIpc) is 2.13. The first-order valence-corrected chi connectivity index (χ1v) is 5.65. The van der Waals surface area contributed by atoms with Gasteiger partial charge in [-0.05, 0) is 19.3 Å². The molecular formula is C12H22O4. The summed E-state index contributed by atoms with van der Waals surface area (Å²) in [5, 5.41) is 0. The lowest BCUT2D eigenvalue weighted by Gasteiger charge is -2.27. The Morgan fingerprint density at radius 3 is 1.94 bits per heavy atom. The molecule has 0 aliphatic carbocycles. The topological polar surface area (TPSA) is 52.6 Å². The van der Waals surface area contributed by atoms with Crippen LogP contribution in [0.3, 0.4) is 0 Å². The van der Waals surface area contributed by atoms with E-state index in [4.69, 9.17) is 9.47 Å². The first kappa shape index (κ1) is 14.9. The quantitative estimate of drug-likeness (QED) is 0.679. The van der Waals surface area contributed by atoms with Gasteiger partial charge in [0.25, 0.3) is 0 Å². The molecule has 4 nitrogen and oxygen atoms in total. The molecule has 0 bridgehead atoms. The van der Waals surface area contributed by atoms with Gasteiger partial charge in [-0.3, -0.25) is 9.59 Å². The Morgan fingerprint density at radius 1 is 1.06 bits per heavy atom. The van der Waals surface area contributed by atoms with Crippen molar-refractivity contribution in [2.45, 2.75) is 41.0 Å². The molecule has 0 rings (SSSR count). The lowest BCUT2D eigenvalue weighted by molar-refractivity contribution is -0.158. The summed E-state index contributed by atoms with van der Waals surface area (Å²) in [5.41, 5.74) is -0.307. The summed E-state index contributed by atoms with van der Waals surface area (Å²) in [6.45, 7) is 9.89. The van der Waals surface area contributed by atoms with E-state index in [1.165, 1.54) is 0 Å². The summed E-state index contributed by atoms with van der Waals surface area (Å²) in [6.07, 6.45) is 0.0795. The third-order valence-corrected chi connectivity index (χ3v) is 2.29. The van der Waals surface area contributed by atoms with Crippen LogP contribution < -0.4 is 0 Å². The molecule has 0 saturated carbocycles. The smallest absolute Gasteiger partial charge is 0.310 e. The Balaban J connectivity index is 4.57. The number of carbonyl (C=O) groups excluding carboxylic acids is 2. The summed E-state index contributed by atoms with van der Waals surface area (Å²) >= 11 is 0. The summed E-state index contributed by atoms with van der Waals surface area (Å²) < 4.78 is 9.81. The first-order valence-electron chi connectivity index (χ1n) is 5.65. The van der Waals surface area contributed by atoms with Gasteiger partial charge in [0, 0.05) is 0 Å². The van der Waals surface area contributed by atoms with E-state index in [0.29, 0.717) is 13.2 Å². The van der Waals surface area contributed by atoms with Crippen LogP contribution in [-0.2, 0) is 19.1 Å². The van der Waals surface area contributed by atoms with Gasteiger partial charge < -0.3 is 9.47 Å². The number of hydrogen-bond donors (Lipinski definition) is 0. The molecule has 94 valence electrons. The lowest BCUT2D eigenvalue weighted by Crippen LogP contribution is -2.32. The van der Waals surface area contributed by atoms with Crippen molar-refractivity contribution in [2.24, 2.45) is 11.3 Å². The van der Waals surface area contributed by atoms with Crippen LogP contribution in [0.5, 0.6) is 0 Å². The molecular weight excluding hydrogens is 208 g/mol. The van der Waals surface area contributed by atoms with Crippen molar-refractivity contribution in [3.05, 3.63) is 0 Å². The molecule has 0 heterocycles. The van der Waals surface area contributed by atoms with Crippen LogP contribution in [0.2, 0.25) is 0 Å². The zero-order valence-corrected chi connectivity index (χ0v) is 10.8. The Kier molecular flexibility index (Phi) is 6.08. The van der Waals surface area contributed by atoms with Crippen molar-refractivity contribution in [3.63, 3.8) is 0 Å². The van der Waals surface area contributed by atoms with Crippen molar-refractivity contribution in [2.75, 3.05) is 13.2 Å². The van der Waals surface area contributed by atoms with Gasteiger partial charge in [-0.1, -0.05) is 20.8 Å². The number of carbonyl (C=O) groups is 2. The highest BCUT2D eigenvalue weighted by Crippen LogP contribution is 2.30. The number of ether oxygens (including phenoxy) is 2.